The number of nitrogens with one attached hydrogen (secondary N) is 2. The van der Waals surface area contributed by atoms with Crippen LogP contribution in [0.15, 0.2) is 60.7 Å². The number of carbonyl (C=O) groups excluding carboxylic acids is 3. The maximum Gasteiger partial charge on any atom is 0.355 e. The molecular formula is C31H30N2O6. The lowest BCUT2D eigenvalue weighted by atomic mass is 10.0. The third-order valence-electron chi connectivity index (χ3n) is 7.00. The van der Waals surface area contributed by atoms with Gasteiger partial charge in [-0.05, 0) is 44.4 Å². The van der Waals surface area contributed by atoms with Gasteiger partial charge in [0.2, 0.25) is 6.29 Å². The molecule has 8 heteroatoms. The lowest BCUT2D eigenvalue weighted by Gasteiger charge is -2.36. The Balaban J connectivity index is 1.40. The predicted octanol–water partition coefficient (Wildman–Crippen LogP) is 6.06. The van der Waals surface area contributed by atoms with Crippen LogP contribution < -0.4 is 0 Å². The number of esters is 1. The predicted molar refractivity (Wildman–Crippen MR) is 144 cm³/mol. The molecule has 0 saturated carbocycles. The molecule has 0 atom stereocenters. The summed E-state index contributed by atoms with van der Waals surface area (Å²) < 4.78 is 17.5. The molecule has 1 fully saturated rings. The molecule has 8 nitrogen and oxygen atoms in total. The smallest absolute Gasteiger partial charge is 0.355 e. The second-order valence-corrected chi connectivity index (χ2v) is 9.69. The summed E-state index contributed by atoms with van der Waals surface area (Å²) in [6.45, 7) is 6.64. The van der Waals surface area contributed by atoms with E-state index in [1.54, 1.807) is 6.92 Å². The van der Waals surface area contributed by atoms with Gasteiger partial charge in [-0.15, -0.1) is 0 Å². The molecule has 2 aromatic carbocycles. The highest BCUT2D eigenvalue weighted by Gasteiger charge is 2.37. The molecule has 200 valence electrons. The van der Waals surface area contributed by atoms with E-state index in [4.69, 9.17) is 14.2 Å². The van der Waals surface area contributed by atoms with Crippen LogP contribution in [-0.4, -0.2) is 27.5 Å². The van der Waals surface area contributed by atoms with Crippen molar-refractivity contribution >= 4 is 17.5 Å². The number of carbonyl (C=O) groups is 3. The minimum absolute atomic E-state index is 0.0868. The van der Waals surface area contributed by atoms with E-state index in [-0.39, 0.29) is 35.9 Å². The molecule has 5 rings (SSSR count). The van der Waals surface area contributed by atoms with E-state index in [2.05, 4.69) is 9.97 Å². The number of ketones is 2. The van der Waals surface area contributed by atoms with E-state index in [9.17, 15) is 14.4 Å². The van der Waals surface area contributed by atoms with Gasteiger partial charge in [0.25, 0.3) is 0 Å². The lowest BCUT2D eigenvalue weighted by molar-refractivity contribution is -0.398. The standard InChI is InChI=1S/C31H30N2O6/c1-17-23(32-28(26(17)20(4)35)29(36)37-16-21-11-7-5-8-12-21)15-24-25(19(3)34)18(2)27(33-24)31-38-30(39-31)22-13-9-6-10-14-22/h5-14,30-33H,15-16H2,1-4H3. The summed E-state index contributed by atoms with van der Waals surface area (Å²) in [4.78, 5) is 44.6. The average Bonchev–Trinajstić information content (AvgIpc) is 3.39. The molecule has 1 saturated heterocycles. The number of aromatic amines is 2. The van der Waals surface area contributed by atoms with E-state index < -0.39 is 18.5 Å². The molecule has 3 heterocycles. The van der Waals surface area contributed by atoms with Gasteiger partial charge in [-0.3, -0.25) is 9.59 Å². The van der Waals surface area contributed by atoms with Gasteiger partial charge >= 0.3 is 5.97 Å². The third kappa shape index (κ3) is 5.21. The van der Waals surface area contributed by atoms with Gasteiger partial charge in [-0.25, -0.2) is 4.79 Å². The molecule has 0 spiro atoms. The molecule has 1 aliphatic rings. The van der Waals surface area contributed by atoms with Gasteiger partial charge < -0.3 is 24.2 Å². The molecule has 1 aliphatic heterocycles. The van der Waals surface area contributed by atoms with Crippen LogP contribution in [0, 0.1) is 13.8 Å². The van der Waals surface area contributed by atoms with Crippen molar-refractivity contribution in [2.24, 2.45) is 0 Å². The van der Waals surface area contributed by atoms with E-state index >= 15 is 0 Å². The van der Waals surface area contributed by atoms with Crippen molar-refractivity contribution < 1.29 is 28.6 Å². The minimum Gasteiger partial charge on any atom is -0.456 e. The number of hydrogen-bond acceptors (Lipinski definition) is 6. The summed E-state index contributed by atoms with van der Waals surface area (Å²) in [5.74, 6) is -0.973. The van der Waals surface area contributed by atoms with Crippen molar-refractivity contribution in [3.63, 3.8) is 0 Å². The number of ether oxygens (including phenoxy) is 3. The van der Waals surface area contributed by atoms with Gasteiger partial charge in [0.05, 0.1) is 11.3 Å². The Morgan fingerprint density at radius 3 is 2.00 bits per heavy atom. The topological polar surface area (TPSA) is 110 Å². The van der Waals surface area contributed by atoms with Crippen LogP contribution in [0.25, 0.3) is 0 Å². The molecule has 2 N–H and O–H groups in total. The first-order valence-corrected chi connectivity index (χ1v) is 12.8. The van der Waals surface area contributed by atoms with Gasteiger partial charge in [-0.1, -0.05) is 60.7 Å². The number of benzene rings is 2. The number of Topliss-reactive ketones (excluding diaryl/α,β-unsaturated/α-hetero) is 2. The lowest BCUT2D eigenvalue weighted by Crippen LogP contribution is -2.28. The Bertz CT molecular complexity index is 1530. The summed E-state index contributed by atoms with van der Waals surface area (Å²) in [5.41, 5.74) is 6.01. The molecule has 0 amide bonds. The zero-order valence-corrected chi connectivity index (χ0v) is 22.3. The monoisotopic (exact) mass is 526 g/mol. The largest absolute Gasteiger partial charge is 0.456 e. The molecule has 0 unspecified atom stereocenters. The molecule has 0 radical (unpaired) electrons. The highest BCUT2D eigenvalue weighted by Crippen LogP contribution is 2.43. The van der Waals surface area contributed by atoms with Gasteiger partial charge in [0.15, 0.2) is 17.9 Å². The first-order chi connectivity index (χ1) is 18.7. The fourth-order valence-electron chi connectivity index (χ4n) is 5.05. The van der Waals surface area contributed by atoms with Gasteiger partial charge in [-0.2, -0.15) is 0 Å². The fourth-order valence-corrected chi connectivity index (χ4v) is 5.05. The maximum absolute atomic E-state index is 13.0. The van der Waals surface area contributed by atoms with Crippen LogP contribution in [0.5, 0.6) is 0 Å². The highest BCUT2D eigenvalue weighted by atomic mass is 16.9. The molecule has 0 bridgehead atoms. The summed E-state index contributed by atoms with van der Waals surface area (Å²) in [6, 6.07) is 18.9. The summed E-state index contributed by atoms with van der Waals surface area (Å²) in [6.07, 6.45) is -0.845. The van der Waals surface area contributed by atoms with Crippen LogP contribution in [0.1, 0.15) is 97.0 Å². The number of hydrogen-bond donors (Lipinski definition) is 2. The van der Waals surface area contributed by atoms with E-state index in [1.165, 1.54) is 13.8 Å². The first-order valence-electron chi connectivity index (χ1n) is 12.8. The van der Waals surface area contributed by atoms with Crippen molar-refractivity contribution in [3.05, 3.63) is 117 Å². The normalized spacial score (nSPS) is 16.5. The first kappa shape index (κ1) is 26.3. The zero-order chi connectivity index (χ0) is 27.7. The summed E-state index contributed by atoms with van der Waals surface area (Å²) in [5, 5.41) is 0. The van der Waals surface area contributed by atoms with Crippen LogP contribution in [0.4, 0.5) is 0 Å². The minimum atomic E-state index is -0.636. The fraction of sp³-hybridized carbons (Fsp3) is 0.258. The molecule has 4 aromatic rings. The molecule has 0 aliphatic carbocycles. The van der Waals surface area contributed by atoms with Gasteiger partial charge in [0, 0.05) is 28.9 Å². The Morgan fingerprint density at radius 1 is 0.769 bits per heavy atom. The molecule has 39 heavy (non-hydrogen) atoms. The number of aromatic nitrogens is 2. The second kappa shape index (κ2) is 10.8. The Labute approximate surface area is 226 Å². The molecular weight excluding hydrogens is 496 g/mol. The summed E-state index contributed by atoms with van der Waals surface area (Å²) in [7, 11) is 0. The van der Waals surface area contributed by atoms with Gasteiger partial charge in [0.1, 0.15) is 12.3 Å². The van der Waals surface area contributed by atoms with Crippen LogP contribution in [0.2, 0.25) is 0 Å². The van der Waals surface area contributed by atoms with Crippen LogP contribution in [0.3, 0.4) is 0 Å². The summed E-state index contributed by atoms with van der Waals surface area (Å²) >= 11 is 0. The van der Waals surface area contributed by atoms with Crippen molar-refractivity contribution in [2.45, 2.75) is 53.3 Å². The van der Waals surface area contributed by atoms with Crippen molar-refractivity contribution in [1.82, 2.24) is 9.97 Å². The number of H-pyrrole nitrogens is 2. The second-order valence-electron chi connectivity index (χ2n) is 9.69. The van der Waals surface area contributed by atoms with E-state index in [1.807, 2.05) is 67.6 Å². The van der Waals surface area contributed by atoms with Crippen molar-refractivity contribution in [1.29, 1.82) is 0 Å². The quantitative estimate of drug-likeness (QED) is 0.203. The Hall–Kier alpha value is -4.27. The zero-order valence-electron chi connectivity index (χ0n) is 22.3. The third-order valence-corrected chi connectivity index (χ3v) is 7.00. The maximum atomic E-state index is 13.0. The van der Waals surface area contributed by atoms with Crippen LogP contribution >= 0.6 is 0 Å². The Morgan fingerprint density at radius 2 is 1.38 bits per heavy atom. The molecule has 2 aromatic heterocycles. The van der Waals surface area contributed by atoms with E-state index in [0.717, 1.165) is 16.7 Å². The average molecular weight is 527 g/mol. The van der Waals surface area contributed by atoms with Crippen LogP contribution in [-0.2, 0) is 27.2 Å². The highest BCUT2D eigenvalue weighted by molar-refractivity contribution is 6.06. The van der Waals surface area contributed by atoms with Crippen molar-refractivity contribution in [2.75, 3.05) is 0 Å². The van der Waals surface area contributed by atoms with E-state index in [0.29, 0.717) is 28.2 Å². The number of rotatable bonds is 9. The SMILES string of the molecule is CC(=O)c1c(Cc2[nH]c(C(=O)OCc3ccccc3)c(C(C)=O)c2C)[nH]c(C2OC(c3ccccc3)O2)c1C. The van der Waals surface area contributed by atoms with Crippen molar-refractivity contribution in [3.8, 4) is 0 Å². The Kier molecular flexibility index (Phi) is 7.32.